The molecule has 2 aromatic rings. The maximum absolute atomic E-state index is 12.9. The lowest BCUT2D eigenvalue weighted by Gasteiger charge is -2.43. The summed E-state index contributed by atoms with van der Waals surface area (Å²) in [6.07, 6.45) is 5.95. The molecule has 0 unspecified atom stereocenters. The van der Waals surface area contributed by atoms with Crippen LogP contribution >= 0.6 is 0 Å². The summed E-state index contributed by atoms with van der Waals surface area (Å²) in [5.74, 6) is -0.138. The molecule has 2 atom stereocenters. The number of rotatable bonds is 2. The number of carbonyl (C=O) groups excluding carboxylic acids is 2. The van der Waals surface area contributed by atoms with Crippen LogP contribution in [0.3, 0.4) is 0 Å². The Balaban J connectivity index is 1.68. The van der Waals surface area contributed by atoms with Crippen molar-refractivity contribution in [3.8, 4) is 0 Å². The van der Waals surface area contributed by atoms with Crippen LogP contribution in [0.5, 0.6) is 0 Å². The van der Waals surface area contributed by atoms with E-state index < -0.39 is 0 Å². The zero-order valence-corrected chi connectivity index (χ0v) is 15.1. The van der Waals surface area contributed by atoms with Gasteiger partial charge in [-0.2, -0.15) is 0 Å². The fourth-order valence-electron chi connectivity index (χ4n) is 4.65. The summed E-state index contributed by atoms with van der Waals surface area (Å²) >= 11 is 0. The fourth-order valence-corrected chi connectivity index (χ4v) is 4.65. The minimum absolute atomic E-state index is 0.0125. The molecule has 1 aromatic heterocycles. The highest BCUT2D eigenvalue weighted by Gasteiger charge is 2.45. The van der Waals surface area contributed by atoms with E-state index in [1.807, 2.05) is 6.07 Å². The Morgan fingerprint density at radius 1 is 1.08 bits per heavy atom. The summed E-state index contributed by atoms with van der Waals surface area (Å²) in [5.41, 5.74) is 8.94. The number of carbonyl (C=O) groups is 2. The van der Waals surface area contributed by atoms with E-state index >= 15 is 0 Å². The number of imide groups is 1. The van der Waals surface area contributed by atoms with Gasteiger partial charge in [-0.15, -0.1) is 0 Å². The highest BCUT2D eigenvalue weighted by Crippen LogP contribution is 2.47. The number of fused-ring (bicyclic) bond motifs is 1. The van der Waals surface area contributed by atoms with Crippen molar-refractivity contribution in [1.29, 1.82) is 0 Å². The third kappa shape index (κ3) is 2.68. The van der Waals surface area contributed by atoms with E-state index in [9.17, 15) is 9.59 Å². The Morgan fingerprint density at radius 2 is 1.73 bits per heavy atom. The van der Waals surface area contributed by atoms with Crippen LogP contribution in [0.1, 0.15) is 65.3 Å². The summed E-state index contributed by atoms with van der Waals surface area (Å²) in [4.78, 5) is 31.4. The molecule has 2 N–H and O–H groups in total. The summed E-state index contributed by atoms with van der Waals surface area (Å²) in [6.45, 7) is 4.39. The first kappa shape index (κ1) is 16.8. The SMILES string of the molecule is CC1(C)C[C@H](c2ccncc2N)C[C@H](N2C(=O)c3ccccc3C2=O)C1. The highest BCUT2D eigenvalue weighted by molar-refractivity contribution is 6.21. The Labute approximate surface area is 153 Å². The van der Waals surface area contributed by atoms with Crippen molar-refractivity contribution in [2.45, 2.75) is 45.1 Å². The molecule has 0 spiro atoms. The smallest absolute Gasteiger partial charge is 0.261 e. The summed E-state index contributed by atoms with van der Waals surface area (Å²) in [5, 5.41) is 0. The molecule has 2 amide bonds. The Bertz CT molecular complexity index is 855. The van der Waals surface area contributed by atoms with Crippen molar-refractivity contribution < 1.29 is 9.59 Å². The number of nitrogens with two attached hydrogens (primary N) is 1. The van der Waals surface area contributed by atoms with Gasteiger partial charge < -0.3 is 5.73 Å². The standard InChI is InChI=1S/C21H23N3O2/c1-21(2)10-13(15-7-8-23-12-18(15)22)9-14(11-21)24-19(25)16-5-3-4-6-17(16)20(24)26/h3-8,12-14H,9-11,22H2,1-2H3/t13-,14+/m1/s1. The van der Waals surface area contributed by atoms with Crippen LogP contribution in [0.15, 0.2) is 42.7 Å². The number of anilines is 1. The number of nitrogen functional groups attached to an aromatic ring is 1. The van der Waals surface area contributed by atoms with E-state index in [1.165, 1.54) is 4.90 Å². The molecule has 1 aromatic carbocycles. The van der Waals surface area contributed by atoms with Gasteiger partial charge in [0, 0.05) is 12.2 Å². The van der Waals surface area contributed by atoms with Crippen molar-refractivity contribution >= 4 is 17.5 Å². The summed E-state index contributed by atoms with van der Waals surface area (Å²) < 4.78 is 0. The quantitative estimate of drug-likeness (QED) is 0.840. The highest BCUT2D eigenvalue weighted by atomic mass is 16.2. The number of benzene rings is 1. The van der Waals surface area contributed by atoms with E-state index in [2.05, 4.69) is 18.8 Å². The maximum Gasteiger partial charge on any atom is 0.261 e. The minimum atomic E-state index is -0.172. The van der Waals surface area contributed by atoms with Crippen LogP contribution in [0.4, 0.5) is 5.69 Å². The Morgan fingerprint density at radius 3 is 2.35 bits per heavy atom. The molecular formula is C21H23N3O2. The molecule has 4 rings (SSSR count). The van der Waals surface area contributed by atoms with Gasteiger partial charge in [0.15, 0.2) is 0 Å². The van der Waals surface area contributed by atoms with Crippen LogP contribution < -0.4 is 5.73 Å². The van der Waals surface area contributed by atoms with Crippen molar-refractivity contribution in [2.75, 3.05) is 5.73 Å². The number of hydrogen-bond donors (Lipinski definition) is 1. The molecule has 0 bridgehead atoms. The van der Waals surface area contributed by atoms with Gasteiger partial charge in [0.25, 0.3) is 11.8 Å². The second-order valence-electron chi connectivity index (χ2n) is 8.19. The lowest BCUT2D eigenvalue weighted by atomic mass is 9.67. The number of nitrogens with zero attached hydrogens (tertiary/aromatic N) is 2. The maximum atomic E-state index is 12.9. The predicted octanol–water partition coefficient (Wildman–Crippen LogP) is 3.62. The molecule has 5 nitrogen and oxygen atoms in total. The molecule has 0 radical (unpaired) electrons. The Kier molecular flexibility index (Phi) is 3.83. The van der Waals surface area contributed by atoms with Gasteiger partial charge in [0.1, 0.15) is 0 Å². The predicted molar refractivity (Wildman–Crippen MR) is 99.8 cm³/mol. The van der Waals surface area contributed by atoms with Crippen LogP contribution in [0, 0.1) is 5.41 Å². The number of aromatic nitrogens is 1. The first-order valence-electron chi connectivity index (χ1n) is 9.04. The van der Waals surface area contributed by atoms with Gasteiger partial charge in [-0.3, -0.25) is 19.5 Å². The number of amides is 2. The van der Waals surface area contributed by atoms with E-state index in [1.54, 1.807) is 36.7 Å². The first-order chi connectivity index (χ1) is 12.4. The van der Waals surface area contributed by atoms with Crippen molar-refractivity contribution in [3.05, 3.63) is 59.4 Å². The third-order valence-corrected chi connectivity index (χ3v) is 5.66. The van der Waals surface area contributed by atoms with Gasteiger partial charge in [-0.05, 0) is 54.4 Å². The molecule has 2 aliphatic rings. The molecule has 134 valence electrons. The molecule has 26 heavy (non-hydrogen) atoms. The molecule has 1 saturated carbocycles. The molecule has 1 aliphatic heterocycles. The first-order valence-corrected chi connectivity index (χ1v) is 9.04. The summed E-state index contributed by atoms with van der Waals surface area (Å²) in [6, 6.07) is 8.92. The molecular weight excluding hydrogens is 326 g/mol. The number of hydrogen-bond acceptors (Lipinski definition) is 4. The van der Waals surface area contributed by atoms with Gasteiger partial charge in [-0.1, -0.05) is 26.0 Å². The zero-order valence-electron chi connectivity index (χ0n) is 15.1. The fraction of sp³-hybridized carbons (Fsp3) is 0.381. The largest absolute Gasteiger partial charge is 0.397 e. The monoisotopic (exact) mass is 349 g/mol. The summed E-state index contributed by atoms with van der Waals surface area (Å²) in [7, 11) is 0. The molecule has 5 heteroatoms. The second-order valence-corrected chi connectivity index (χ2v) is 8.19. The topological polar surface area (TPSA) is 76.3 Å². The number of pyridine rings is 1. The van der Waals surface area contributed by atoms with Crippen molar-refractivity contribution in [1.82, 2.24) is 9.88 Å². The van der Waals surface area contributed by atoms with E-state index in [-0.39, 0.29) is 29.2 Å². The van der Waals surface area contributed by atoms with E-state index in [0.717, 1.165) is 24.8 Å². The second kappa shape index (κ2) is 5.94. The van der Waals surface area contributed by atoms with E-state index in [4.69, 9.17) is 5.73 Å². The van der Waals surface area contributed by atoms with Gasteiger partial charge >= 0.3 is 0 Å². The van der Waals surface area contributed by atoms with Crippen LogP contribution in [-0.2, 0) is 0 Å². The average Bonchev–Trinajstić information content (AvgIpc) is 2.85. The molecule has 1 aliphatic carbocycles. The van der Waals surface area contributed by atoms with E-state index in [0.29, 0.717) is 16.8 Å². The van der Waals surface area contributed by atoms with Crippen LogP contribution in [0.25, 0.3) is 0 Å². The lowest BCUT2D eigenvalue weighted by Crippen LogP contribution is -2.46. The molecule has 0 saturated heterocycles. The Hall–Kier alpha value is -2.69. The molecule has 2 heterocycles. The third-order valence-electron chi connectivity index (χ3n) is 5.66. The normalized spacial score (nSPS) is 24.6. The van der Waals surface area contributed by atoms with Gasteiger partial charge in [0.2, 0.25) is 0 Å². The minimum Gasteiger partial charge on any atom is -0.397 e. The van der Waals surface area contributed by atoms with Gasteiger partial charge in [-0.25, -0.2) is 0 Å². The van der Waals surface area contributed by atoms with Crippen molar-refractivity contribution in [3.63, 3.8) is 0 Å². The van der Waals surface area contributed by atoms with Gasteiger partial charge in [0.05, 0.1) is 23.0 Å². The van der Waals surface area contributed by atoms with Crippen LogP contribution in [0.2, 0.25) is 0 Å². The zero-order chi connectivity index (χ0) is 18.5. The van der Waals surface area contributed by atoms with Crippen molar-refractivity contribution in [2.24, 2.45) is 5.41 Å². The average molecular weight is 349 g/mol. The lowest BCUT2D eigenvalue weighted by molar-refractivity contribution is 0.0448. The van der Waals surface area contributed by atoms with Crippen LogP contribution in [-0.4, -0.2) is 27.7 Å². The molecule has 1 fully saturated rings.